The minimum atomic E-state index is -0.0801. The molecule has 1 heteroatoms. The molecule has 0 bridgehead atoms. The van der Waals surface area contributed by atoms with Crippen molar-refractivity contribution in [1.29, 1.82) is 0 Å². The van der Waals surface area contributed by atoms with E-state index in [9.17, 15) is 4.39 Å². The maximum atomic E-state index is 13.7. The summed E-state index contributed by atoms with van der Waals surface area (Å²) in [5.41, 5.74) is 0.696. The first-order valence-electron chi connectivity index (χ1n) is 7.75. The molecule has 0 radical (unpaired) electrons. The molecule has 0 fully saturated rings. The molecule has 1 rings (SSSR count). The van der Waals surface area contributed by atoms with Crippen LogP contribution >= 0.6 is 0 Å². The van der Waals surface area contributed by atoms with Crippen LogP contribution in [0.25, 0.3) is 5.83 Å². The highest BCUT2D eigenvalue weighted by atomic mass is 19.1. The summed E-state index contributed by atoms with van der Waals surface area (Å²) in [4.78, 5) is 0. The van der Waals surface area contributed by atoms with E-state index in [0.717, 1.165) is 12.8 Å². The largest absolute Gasteiger partial charge is 0.207 e. The van der Waals surface area contributed by atoms with E-state index in [1.165, 1.54) is 44.9 Å². The van der Waals surface area contributed by atoms with Crippen molar-refractivity contribution in [2.45, 2.75) is 64.7 Å². The number of unbranched alkanes of at least 4 members (excludes halogenated alkanes) is 8. The fourth-order valence-corrected chi connectivity index (χ4v) is 2.22. The number of allylic oxidation sites excluding steroid dienone is 1. The minimum absolute atomic E-state index is 0.0801. The minimum Gasteiger partial charge on any atom is -0.207 e. The lowest BCUT2D eigenvalue weighted by molar-refractivity contribution is 0.577. The van der Waals surface area contributed by atoms with Crippen LogP contribution in [-0.2, 0) is 0 Å². The zero-order valence-corrected chi connectivity index (χ0v) is 12.2. The number of benzene rings is 1. The zero-order chi connectivity index (χ0) is 13.8. The van der Waals surface area contributed by atoms with Crippen LogP contribution in [0.4, 0.5) is 4.39 Å². The highest BCUT2D eigenvalue weighted by Gasteiger charge is 1.97. The Morgan fingerprint density at radius 2 is 1.47 bits per heavy atom. The van der Waals surface area contributed by atoms with E-state index >= 15 is 0 Å². The third kappa shape index (κ3) is 7.81. The molecule has 0 unspecified atom stereocenters. The van der Waals surface area contributed by atoms with E-state index in [-0.39, 0.29) is 5.83 Å². The second kappa shape index (κ2) is 10.8. The second-order valence-electron chi connectivity index (χ2n) is 5.18. The van der Waals surface area contributed by atoms with Gasteiger partial charge in [-0.2, -0.15) is 0 Å². The maximum Gasteiger partial charge on any atom is 0.126 e. The molecule has 0 atom stereocenters. The first-order chi connectivity index (χ1) is 9.34. The molecule has 0 saturated carbocycles. The molecule has 19 heavy (non-hydrogen) atoms. The Labute approximate surface area is 117 Å². The molecule has 106 valence electrons. The number of rotatable bonds is 10. The molecule has 0 N–H and O–H groups in total. The lowest BCUT2D eigenvalue weighted by Crippen LogP contribution is -1.81. The Hall–Kier alpha value is -1.11. The number of halogens is 1. The van der Waals surface area contributed by atoms with E-state index in [2.05, 4.69) is 6.92 Å². The lowest BCUT2D eigenvalue weighted by Gasteiger charge is -2.00. The van der Waals surface area contributed by atoms with Gasteiger partial charge in [-0.1, -0.05) is 82.2 Å². The summed E-state index contributed by atoms with van der Waals surface area (Å²) in [6.07, 6.45) is 13.0. The summed E-state index contributed by atoms with van der Waals surface area (Å²) in [5, 5.41) is 0. The van der Waals surface area contributed by atoms with Crippen LogP contribution in [0.15, 0.2) is 36.4 Å². The Balaban J connectivity index is 2.04. The van der Waals surface area contributed by atoms with Gasteiger partial charge in [-0.3, -0.25) is 0 Å². The fraction of sp³-hybridized carbons (Fsp3) is 0.556. The third-order valence-corrected chi connectivity index (χ3v) is 3.43. The summed E-state index contributed by atoms with van der Waals surface area (Å²) in [5.74, 6) is -0.0801. The van der Waals surface area contributed by atoms with Gasteiger partial charge in [0.05, 0.1) is 0 Å². The average molecular weight is 262 g/mol. The van der Waals surface area contributed by atoms with Crippen LogP contribution in [0.1, 0.15) is 70.3 Å². The molecule has 0 heterocycles. The highest BCUT2D eigenvalue weighted by Crippen LogP contribution is 2.17. The number of hydrogen-bond acceptors (Lipinski definition) is 0. The van der Waals surface area contributed by atoms with E-state index < -0.39 is 0 Å². The van der Waals surface area contributed by atoms with Crippen molar-refractivity contribution in [3.05, 3.63) is 42.0 Å². The monoisotopic (exact) mass is 262 g/mol. The molecule has 0 amide bonds. The Morgan fingerprint density at radius 3 is 2.11 bits per heavy atom. The molecule has 1 aromatic carbocycles. The van der Waals surface area contributed by atoms with Crippen molar-refractivity contribution in [3.63, 3.8) is 0 Å². The van der Waals surface area contributed by atoms with Gasteiger partial charge < -0.3 is 0 Å². The van der Waals surface area contributed by atoms with Gasteiger partial charge in [0.1, 0.15) is 5.83 Å². The van der Waals surface area contributed by atoms with Crippen LogP contribution in [-0.4, -0.2) is 0 Å². The molecule has 0 nitrogen and oxygen atoms in total. The van der Waals surface area contributed by atoms with Crippen LogP contribution in [0.5, 0.6) is 0 Å². The Kier molecular flexibility index (Phi) is 9.05. The van der Waals surface area contributed by atoms with Crippen LogP contribution in [0.3, 0.4) is 0 Å². The summed E-state index contributed by atoms with van der Waals surface area (Å²) in [6.45, 7) is 2.24. The molecule has 0 saturated heterocycles. The second-order valence-corrected chi connectivity index (χ2v) is 5.18. The Morgan fingerprint density at radius 1 is 0.895 bits per heavy atom. The van der Waals surface area contributed by atoms with Gasteiger partial charge in [-0.15, -0.1) is 0 Å². The SMILES string of the molecule is CCCCCCCCCC/C=C(\F)c1ccccc1. The maximum absolute atomic E-state index is 13.7. The van der Waals surface area contributed by atoms with Crippen molar-refractivity contribution >= 4 is 5.83 Å². The van der Waals surface area contributed by atoms with E-state index in [1.807, 2.05) is 30.3 Å². The average Bonchev–Trinajstić information content (AvgIpc) is 2.46. The van der Waals surface area contributed by atoms with E-state index in [0.29, 0.717) is 5.56 Å². The zero-order valence-electron chi connectivity index (χ0n) is 12.2. The topological polar surface area (TPSA) is 0 Å². The third-order valence-electron chi connectivity index (χ3n) is 3.43. The van der Waals surface area contributed by atoms with Crippen LogP contribution in [0.2, 0.25) is 0 Å². The summed E-state index contributed by atoms with van der Waals surface area (Å²) in [6, 6.07) is 9.30. The molecular weight excluding hydrogens is 235 g/mol. The van der Waals surface area contributed by atoms with Crippen molar-refractivity contribution in [2.75, 3.05) is 0 Å². The van der Waals surface area contributed by atoms with Gasteiger partial charge in [0.15, 0.2) is 0 Å². The van der Waals surface area contributed by atoms with Crippen LogP contribution < -0.4 is 0 Å². The molecule has 0 spiro atoms. The summed E-state index contributed by atoms with van der Waals surface area (Å²) in [7, 11) is 0. The van der Waals surface area contributed by atoms with Gasteiger partial charge in [0, 0.05) is 5.56 Å². The van der Waals surface area contributed by atoms with Crippen molar-refractivity contribution in [1.82, 2.24) is 0 Å². The number of hydrogen-bond donors (Lipinski definition) is 0. The van der Waals surface area contributed by atoms with E-state index in [1.54, 1.807) is 6.08 Å². The van der Waals surface area contributed by atoms with Gasteiger partial charge in [-0.05, 0) is 18.9 Å². The molecule has 0 aliphatic heterocycles. The van der Waals surface area contributed by atoms with Gasteiger partial charge in [0.2, 0.25) is 0 Å². The van der Waals surface area contributed by atoms with E-state index in [4.69, 9.17) is 0 Å². The lowest BCUT2D eigenvalue weighted by atomic mass is 10.1. The molecule has 0 aliphatic carbocycles. The quantitative estimate of drug-likeness (QED) is 0.421. The molecule has 0 aromatic heterocycles. The standard InChI is InChI=1S/C18H27F/c1-2-3-4-5-6-7-8-9-13-16-18(19)17-14-11-10-12-15-17/h10-12,14-16H,2-9,13H2,1H3/b18-16-. The first-order valence-corrected chi connectivity index (χ1v) is 7.75. The Bertz CT molecular complexity index is 340. The predicted octanol–water partition coefficient (Wildman–Crippen LogP) is 6.53. The van der Waals surface area contributed by atoms with Crippen molar-refractivity contribution in [3.8, 4) is 0 Å². The van der Waals surface area contributed by atoms with Crippen molar-refractivity contribution in [2.24, 2.45) is 0 Å². The molecule has 0 aliphatic rings. The normalized spacial score (nSPS) is 11.8. The highest BCUT2D eigenvalue weighted by molar-refractivity contribution is 5.58. The summed E-state index contributed by atoms with van der Waals surface area (Å²) >= 11 is 0. The molecular formula is C18H27F. The summed E-state index contributed by atoms with van der Waals surface area (Å²) < 4.78 is 13.7. The van der Waals surface area contributed by atoms with Gasteiger partial charge in [-0.25, -0.2) is 4.39 Å². The smallest absolute Gasteiger partial charge is 0.126 e. The molecule has 1 aromatic rings. The van der Waals surface area contributed by atoms with Crippen LogP contribution in [0, 0.1) is 0 Å². The van der Waals surface area contributed by atoms with Gasteiger partial charge in [0.25, 0.3) is 0 Å². The van der Waals surface area contributed by atoms with Crippen molar-refractivity contribution < 1.29 is 4.39 Å². The first kappa shape index (κ1) is 15.9. The fourth-order valence-electron chi connectivity index (χ4n) is 2.22. The van der Waals surface area contributed by atoms with Gasteiger partial charge >= 0.3 is 0 Å². The predicted molar refractivity (Wildman–Crippen MR) is 82.8 cm³/mol.